The summed E-state index contributed by atoms with van der Waals surface area (Å²) in [5.41, 5.74) is 1.08. The third-order valence-electron chi connectivity index (χ3n) is 4.03. The summed E-state index contributed by atoms with van der Waals surface area (Å²) in [4.78, 5) is 30.1. The number of hydrogen-bond acceptors (Lipinski definition) is 3. The highest BCUT2D eigenvalue weighted by atomic mass is 127. The van der Waals surface area contributed by atoms with Crippen molar-refractivity contribution < 1.29 is 9.59 Å². The summed E-state index contributed by atoms with van der Waals surface area (Å²) in [6, 6.07) is 9.81. The van der Waals surface area contributed by atoms with Gasteiger partial charge in [-0.05, 0) is 26.3 Å². The van der Waals surface area contributed by atoms with Gasteiger partial charge in [0.2, 0.25) is 11.8 Å². The smallest absolute Gasteiger partial charge is 0.224 e. The van der Waals surface area contributed by atoms with Crippen LogP contribution < -0.4 is 16.0 Å². The van der Waals surface area contributed by atoms with Crippen LogP contribution in [-0.2, 0) is 16.1 Å². The van der Waals surface area contributed by atoms with Gasteiger partial charge in [-0.3, -0.25) is 14.6 Å². The van der Waals surface area contributed by atoms with Crippen LogP contribution in [-0.4, -0.2) is 55.4 Å². The molecule has 8 heteroatoms. The maximum absolute atomic E-state index is 12.0. The lowest BCUT2D eigenvalue weighted by atomic mass is 10.2. The van der Waals surface area contributed by atoms with Gasteiger partial charge in [0.05, 0.1) is 6.54 Å². The van der Waals surface area contributed by atoms with Gasteiger partial charge < -0.3 is 20.9 Å². The number of carbonyl (C=O) groups excluding carboxylic acids is 2. The fourth-order valence-corrected chi connectivity index (χ4v) is 2.52. The van der Waals surface area contributed by atoms with Gasteiger partial charge in [0.15, 0.2) is 5.96 Å². The molecule has 1 rings (SSSR count). The molecule has 0 aliphatic heterocycles. The van der Waals surface area contributed by atoms with Crippen molar-refractivity contribution in [2.75, 3.05) is 32.7 Å². The summed E-state index contributed by atoms with van der Waals surface area (Å²) in [7, 11) is 0. The number of guanidine groups is 1. The molecule has 0 aliphatic carbocycles. The Labute approximate surface area is 185 Å². The van der Waals surface area contributed by atoms with Crippen LogP contribution in [0.4, 0.5) is 0 Å². The summed E-state index contributed by atoms with van der Waals surface area (Å²) >= 11 is 0. The molecule has 2 amide bonds. The van der Waals surface area contributed by atoms with Crippen LogP contribution in [0, 0.1) is 0 Å². The highest BCUT2D eigenvalue weighted by Crippen LogP contribution is 1.97. The van der Waals surface area contributed by atoms with E-state index in [4.69, 9.17) is 0 Å². The maximum Gasteiger partial charge on any atom is 0.224 e. The molecule has 0 unspecified atom stereocenters. The number of amides is 2. The van der Waals surface area contributed by atoms with Crippen LogP contribution >= 0.6 is 24.0 Å². The quantitative estimate of drug-likeness (QED) is 0.246. The summed E-state index contributed by atoms with van der Waals surface area (Å²) in [6.45, 7) is 9.51. The van der Waals surface area contributed by atoms with Gasteiger partial charge in [-0.1, -0.05) is 30.3 Å². The molecular formula is C20H34IN5O2. The molecule has 28 heavy (non-hydrogen) atoms. The second kappa shape index (κ2) is 16.1. The molecule has 1 aromatic rings. The number of halogens is 1. The predicted octanol–water partition coefficient (Wildman–Crippen LogP) is 2.12. The van der Waals surface area contributed by atoms with Crippen LogP contribution in [0.1, 0.15) is 39.2 Å². The molecule has 0 bridgehead atoms. The van der Waals surface area contributed by atoms with Crippen LogP contribution in [0.15, 0.2) is 35.3 Å². The lowest BCUT2D eigenvalue weighted by molar-refractivity contribution is -0.130. The lowest BCUT2D eigenvalue weighted by Crippen LogP contribution is -2.39. The van der Waals surface area contributed by atoms with Gasteiger partial charge >= 0.3 is 0 Å². The maximum atomic E-state index is 12.0. The molecule has 0 saturated carbocycles. The van der Waals surface area contributed by atoms with E-state index in [-0.39, 0.29) is 35.8 Å². The van der Waals surface area contributed by atoms with Crippen molar-refractivity contribution in [1.82, 2.24) is 20.9 Å². The number of hydrogen-bond donors (Lipinski definition) is 3. The van der Waals surface area contributed by atoms with Crippen molar-refractivity contribution in [3.63, 3.8) is 0 Å². The van der Waals surface area contributed by atoms with Gasteiger partial charge in [-0.15, -0.1) is 24.0 Å². The normalized spacial score (nSPS) is 10.6. The SMILES string of the molecule is CCNC(=NCCC(=O)N(CC)CC)NCCC(=O)NCc1ccccc1.I. The van der Waals surface area contributed by atoms with Gasteiger partial charge in [0.1, 0.15) is 0 Å². The molecule has 0 spiro atoms. The summed E-state index contributed by atoms with van der Waals surface area (Å²) in [6.07, 6.45) is 0.742. The first-order valence-electron chi connectivity index (χ1n) is 9.71. The Morgan fingerprint density at radius 1 is 0.964 bits per heavy atom. The Morgan fingerprint density at radius 2 is 1.64 bits per heavy atom. The zero-order chi connectivity index (χ0) is 19.9. The van der Waals surface area contributed by atoms with Crippen LogP contribution in [0.25, 0.3) is 0 Å². The summed E-state index contributed by atoms with van der Waals surface area (Å²) in [5, 5.41) is 9.16. The minimum atomic E-state index is -0.0149. The molecule has 0 aromatic heterocycles. The van der Waals surface area contributed by atoms with E-state index in [1.165, 1.54) is 0 Å². The third kappa shape index (κ3) is 11.1. The van der Waals surface area contributed by atoms with E-state index in [2.05, 4.69) is 20.9 Å². The van der Waals surface area contributed by atoms with Gasteiger partial charge in [0.25, 0.3) is 0 Å². The first-order valence-corrected chi connectivity index (χ1v) is 9.71. The van der Waals surface area contributed by atoms with Crippen molar-refractivity contribution in [2.24, 2.45) is 4.99 Å². The van der Waals surface area contributed by atoms with E-state index in [0.717, 1.165) is 25.2 Å². The minimum Gasteiger partial charge on any atom is -0.357 e. The fraction of sp³-hybridized carbons (Fsp3) is 0.550. The number of benzene rings is 1. The highest BCUT2D eigenvalue weighted by molar-refractivity contribution is 14.0. The van der Waals surface area contributed by atoms with Gasteiger partial charge in [0, 0.05) is 45.6 Å². The van der Waals surface area contributed by atoms with Crippen molar-refractivity contribution in [1.29, 1.82) is 0 Å². The number of nitrogens with one attached hydrogen (secondary N) is 3. The number of carbonyl (C=O) groups is 2. The molecule has 0 atom stereocenters. The predicted molar refractivity (Wildman–Crippen MR) is 125 cm³/mol. The average molecular weight is 503 g/mol. The molecule has 0 radical (unpaired) electrons. The molecule has 0 aliphatic rings. The number of aliphatic imine (C=N–C) groups is 1. The van der Waals surface area contributed by atoms with Crippen LogP contribution in [0.5, 0.6) is 0 Å². The van der Waals surface area contributed by atoms with E-state index < -0.39 is 0 Å². The molecular weight excluding hydrogens is 469 g/mol. The largest absolute Gasteiger partial charge is 0.357 e. The Morgan fingerprint density at radius 3 is 2.25 bits per heavy atom. The lowest BCUT2D eigenvalue weighted by Gasteiger charge is -2.18. The molecule has 3 N–H and O–H groups in total. The second-order valence-corrected chi connectivity index (χ2v) is 6.02. The first kappa shape index (κ1) is 26.2. The number of nitrogens with zero attached hydrogens (tertiary/aromatic N) is 2. The van der Waals surface area contributed by atoms with Crippen molar-refractivity contribution in [2.45, 2.75) is 40.2 Å². The second-order valence-electron chi connectivity index (χ2n) is 6.02. The summed E-state index contributed by atoms with van der Waals surface area (Å²) < 4.78 is 0. The van der Waals surface area contributed by atoms with E-state index in [0.29, 0.717) is 38.4 Å². The van der Waals surface area contributed by atoms with Gasteiger partial charge in [-0.25, -0.2) is 0 Å². The Kier molecular flexibility index (Phi) is 15.1. The van der Waals surface area contributed by atoms with Crippen molar-refractivity contribution in [3.8, 4) is 0 Å². The molecule has 0 saturated heterocycles. The topological polar surface area (TPSA) is 85.8 Å². The van der Waals surface area contributed by atoms with Crippen LogP contribution in [0.3, 0.4) is 0 Å². The van der Waals surface area contributed by atoms with E-state index in [1.54, 1.807) is 4.90 Å². The van der Waals surface area contributed by atoms with Crippen LogP contribution in [0.2, 0.25) is 0 Å². The standard InChI is InChI=1S/C20H33N5O2.HI/c1-4-21-20(23-15-13-19(27)25(5-2)6-3)22-14-12-18(26)24-16-17-10-8-7-9-11-17;/h7-11H,4-6,12-16H2,1-3H3,(H,24,26)(H2,21,22,23);1H. The molecule has 7 nitrogen and oxygen atoms in total. The Hall–Kier alpha value is -1.84. The van der Waals surface area contributed by atoms with E-state index in [9.17, 15) is 9.59 Å². The Bertz CT molecular complexity index is 592. The van der Waals surface area contributed by atoms with E-state index in [1.807, 2.05) is 51.1 Å². The zero-order valence-corrected chi connectivity index (χ0v) is 19.5. The minimum absolute atomic E-state index is 0. The zero-order valence-electron chi connectivity index (χ0n) is 17.2. The molecule has 0 heterocycles. The number of rotatable bonds is 11. The molecule has 0 fully saturated rings. The monoisotopic (exact) mass is 503 g/mol. The fourth-order valence-electron chi connectivity index (χ4n) is 2.52. The Balaban J connectivity index is 0.00000729. The van der Waals surface area contributed by atoms with Crippen molar-refractivity contribution >= 4 is 41.8 Å². The van der Waals surface area contributed by atoms with Crippen molar-refractivity contribution in [3.05, 3.63) is 35.9 Å². The molecule has 1 aromatic carbocycles. The third-order valence-corrected chi connectivity index (χ3v) is 4.03. The van der Waals surface area contributed by atoms with Gasteiger partial charge in [-0.2, -0.15) is 0 Å². The summed E-state index contributed by atoms with van der Waals surface area (Å²) in [5.74, 6) is 0.722. The highest BCUT2D eigenvalue weighted by Gasteiger charge is 2.08. The molecule has 158 valence electrons. The first-order chi connectivity index (χ1) is 13.1. The average Bonchev–Trinajstić information content (AvgIpc) is 2.68. The van der Waals surface area contributed by atoms with E-state index >= 15 is 0 Å².